The number of benzene rings is 1. The Labute approximate surface area is 93.4 Å². The van der Waals surface area contributed by atoms with Crippen LogP contribution in [0.3, 0.4) is 0 Å². The molecule has 0 spiro atoms. The molecule has 82 valence electrons. The zero-order valence-corrected chi connectivity index (χ0v) is 9.07. The predicted molar refractivity (Wildman–Crippen MR) is 61.2 cm³/mol. The number of nitrogens with one attached hydrogen (secondary N) is 1. The van der Waals surface area contributed by atoms with Crippen molar-refractivity contribution in [2.45, 2.75) is 25.3 Å². The molecule has 1 aliphatic heterocycles. The summed E-state index contributed by atoms with van der Waals surface area (Å²) in [6.07, 6.45) is 0.529. The van der Waals surface area contributed by atoms with E-state index in [9.17, 15) is 4.79 Å². The van der Waals surface area contributed by atoms with Gasteiger partial charge < -0.3 is 9.73 Å². The normalized spacial score (nSPS) is 24.9. The smallest absolute Gasteiger partial charge is 0.221 e. The number of hydrogen-bond donors (Lipinski definition) is 1. The Morgan fingerprint density at radius 3 is 2.88 bits per heavy atom. The Morgan fingerprint density at radius 1 is 1.38 bits per heavy atom. The van der Waals surface area contributed by atoms with E-state index in [1.54, 1.807) is 0 Å². The number of rotatable bonds is 1. The fourth-order valence-electron chi connectivity index (χ4n) is 2.32. The number of para-hydroxylation sites is 1. The van der Waals surface area contributed by atoms with Crippen LogP contribution < -0.4 is 5.32 Å². The number of furan rings is 1. The Bertz CT molecular complexity index is 511. The maximum atomic E-state index is 11.3. The van der Waals surface area contributed by atoms with Gasteiger partial charge in [-0.3, -0.25) is 4.79 Å². The van der Waals surface area contributed by atoms with Gasteiger partial charge in [-0.2, -0.15) is 0 Å². The van der Waals surface area contributed by atoms with Gasteiger partial charge in [-0.05, 0) is 19.1 Å². The summed E-state index contributed by atoms with van der Waals surface area (Å²) in [4.78, 5) is 11.3. The molecule has 1 saturated heterocycles. The van der Waals surface area contributed by atoms with E-state index in [1.165, 1.54) is 0 Å². The molecule has 1 N–H and O–H groups in total. The highest BCUT2D eigenvalue weighted by atomic mass is 16.3. The average molecular weight is 215 g/mol. The maximum Gasteiger partial charge on any atom is 0.221 e. The van der Waals surface area contributed by atoms with E-state index in [0.717, 1.165) is 16.7 Å². The lowest BCUT2D eigenvalue weighted by atomic mass is 9.99. The van der Waals surface area contributed by atoms with Crippen LogP contribution in [0.4, 0.5) is 0 Å². The van der Waals surface area contributed by atoms with E-state index >= 15 is 0 Å². The van der Waals surface area contributed by atoms with Crippen LogP contribution in [0.5, 0.6) is 0 Å². The highest BCUT2D eigenvalue weighted by molar-refractivity contribution is 5.81. The number of hydrogen-bond acceptors (Lipinski definition) is 2. The maximum absolute atomic E-state index is 11.3. The molecular formula is C13H13NO2. The Balaban J connectivity index is 2.03. The van der Waals surface area contributed by atoms with Crippen molar-refractivity contribution in [3.63, 3.8) is 0 Å². The first-order chi connectivity index (χ1) is 7.74. The van der Waals surface area contributed by atoms with Gasteiger partial charge >= 0.3 is 0 Å². The third kappa shape index (κ3) is 1.40. The van der Waals surface area contributed by atoms with Gasteiger partial charge in [-0.1, -0.05) is 18.2 Å². The largest absolute Gasteiger partial charge is 0.461 e. The van der Waals surface area contributed by atoms with Crippen LogP contribution in [0.1, 0.15) is 25.0 Å². The van der Waals surface area contributed by atoms with Crippen molar-refractivity contribution in [3.8, 4) is 0 Å². The summed E-state index contributed by atoms with van der Waals surface area (Å²) in [5.41, 5.74) is 0.893. The van der Waals surface area contributed by atoms with Gasteiger partial charge in [0, 0.05) is 23.8 Å². The standard InChI is InChI=1S/C13H13NO2/c1-8-10(7-13(15)14-8)12-6-9-4-2-3-5-11(9)16-12/h2-6,8,10H,7H2,1H3,(H,14,15). The summed E-state index contributed by atoms with van der Waals surface area (Å²) in [7, 11) is 0. The van der Waals surface area contributed by atoms with E-state index in [-0.39, 0.29) is 17.9 Å². The van der Waals surface area contributed by atoms with Crippen LogP contribution in [-0.4, -0.2) is 11.9 Å². The third-order valence-corrected chi connectivity index (χ3v) is 3.21. The molecule has 1 amide bonds. The SMILES string of the molecule is CC1NC(=O)CC1c1cc2ccccc2o1. The second-order valence-electron chi connectivity index (χ2n) is 4.35. The van der Waals surface area contributed by atoms with Gasteiger partial charge in [0.15, 0.2) is 0 Å². The van der Waals surface area contributed by atoms with Crippen LogP contribution in [0.15, 0.2) is 34.7 Å². The van der Waals surface area contributed by atoms with Crippen molar-refractivity contribution in [3.05, 3.63) is 36.1 Å². The molecule has 2 heterocycles. The molecule has 3 heteroatoms. The van der Waals surface area contributed by atoms with E-state index < -0.39 is 0 Å². The molecule has 2 atom stereocenters. The molecule has 3 nitrogen and oxygen atoms in total. The van der Waals surface area contributed by atoms with Crippen LogP contribution >= 0.6 is 0 Å². The van der Waals surface area contributed by atoms with Gasteiger partial charge in [0.25, 0.3) is 0 Å². The predicted octanol–water partition coefficient (Wildman–Crippen LogP) is 2.42. The topological polar surface area (TPSA) is 42.2 Å². The molecular weight excluding hydrogens is 202 g/mol. The van der Waals surface area contributed by atoms with Gasteiger partial charge in [-0.25, -0.2) is 0 Å². The summed E-state index contributed by atoms with van der Waals surface area (Å²) in [5.74, 6) is 1.19. The first-order valence-electron chi connectivity index (χ1n) is 5.52. The second-order valence-corrected chi connectivity index (χ2v) is 4.35. The summed E-state index contributed by atoms with van der Waals surface area (Å²) in [5, 5.41) is 4.01. The Kier molecular flexibility index (Phi) is 1.99. The van der Waals surface area contributed by atoms with Crippen molar-refractivity contribution in [2.24, 2.45) is 0 Å². The number of carbonyl (C=O) groups excluding carboxylic acids is 1. The molecule has 3 rings (SSSR count). The molecule has 1 aromatic heterocycles. The highest BCUT2D eigenvalue weighted by Gasteiger charge is 2.32. The summed E-state index contributed by atoms with van der Waals surface area (Å²) in [6, 6.07) is 10.1. The quantitative estimate of drug-likeness (QED) is 0.793. The molecule has 2 aromatic rings. The van der Waals surface area contributed by atoms with Gasteiger partial charge in [0.05, 0.1) is 0 Å². The minimum atomic E-state index is 0.109. The minimum Gasteiger partial charge on any atom is -0.461 e. The molecule has 16 heavy (non-hydrogen) atoms. The zero-order valence-electron chi connectivity index (χ0n) is 9.07. The van der Waals surface area contributed by atoms with Crippen molar-refractivity contribution in [2.75, 3.05) is 0 Å². The number of carbonyl (C=O) groups is 1. The summed E-state index contributed by atoms with van der Waals surface area (Å²) < 4.78 is 5.78. The molecule has 1 fully saturated rings. The summed E-state index contributed by atoms with van der Waals surface area (Å²) in [6.45, 7) is 2.02. The molecule has 1 aliphatic rings. The highest BCUT2D eigenvalue weighted by Crippen LogP contribution is 2.32. The van der Waals surface area contributed by atoms with E-state index in [1.807, 2.05) is 37.3 Å². The van der Waals surface area contributed by atoms with Crippen molar-refractivity contribution in [1.82, 2.24) is 5.32 Å². The van der Waals surface area contributed by atoms with Gasteiger partial charge in [0.1, 0.15) is 11.3 Å². The van der Waals surface area contributed by atoms with E-state index in [2.05, 4.69) is 5.32 Å². The molecule has 0 aliphatic carbocycles. The van der Waals surface area contributed by atoms with E-state index in [4.69, 9.17) is 4.42 Å². The molecule has 0 radical (unpaired) electrons. The number of amides is 1. The second kappa shape index (κ2) is 3.37. The average Bonchev–Trinajstić information content (AvgIpc) is 2.81. The number of fused-ring (bicyclic) bond motifs is 1. The fraction of sp³-hybridized carbons (Fsp3) is 0.308. The minimum absolute atomic E-state index is 0.109. The first-order valence-corrected chi connectivity index (χ1v) is 5.52. The fourth-order valence-corrected chi connectivity index (χ4v) is 2.32. The molecule has 0 saturated carbocycles. The van der Waals surface area contributed by atoms with Crippen molar-refractivity contribution < 1.29 is 9.21 Å². The van der Waals surface area contributed by atoms with E-state index in [0.29, 0.717) is 6.42 Å². The zero-order chi connectivity index (χ0) is 11.1. The van der Waals surface area contributed by atoms with Gasteiger partial charge in [0.2, 0.25) is 5.91 Å². The van der Waals surface area contributed by atoms with Crippen LogP contribution in [0, 0.1) is 0 Å². The lowest BCUT2D eigenvalue weighted by molar-refractivity contribution is -0.119. The first kappa shape index (κ1) is 9.46. The Morgan fingerprint density at radius 2 is 2.19 bits per heavy atom. The van der Waals surface area contributed by atoms with Crippen molar-refractivity contribution >= 4 is 16.9 Å². The monoisotopic (exact) mass is 215 g/mol. The molecule has 0 bridgehead atoms. The van der Waals surface area contributed by atoms with Crippen LogP contribution in [-0.2, 0) is 4.79 Å². The van der Waals surface area contributed by atoms with Gasteiger partial charge in [-0.15, -0.1) is 0 Å². The molecule has 1 aromatic carbocycles. The summed E-state index contributed by atoms with van der Waals surface area (Å²) >= 11 is 0. The van der Waals surface area contributed by atoms with Crippen molar-refractivity contribution in [1.29, 1.82) is 0 Å². The lowest BCUT2D eigenvalue weighted by Crippen LogP contribution is -2.24. The third-order valence-electron chi connectivity index (χ3n) is 3.21. The van der Waals surface area contributed by atoms with Crippen LogP contribution in [0.25, 0.3) is 11.0 Å². The Hall–Kier alpha value is -1.77. The lowest BCUT2D eigenvalue weighted by Gasteiger charge is -2.10. The van der Waals surface area contributed by atoms with Crippen LogP contribution in [0.2, 0.25) is 0 Å². The molecule has 2 unspecified atom stereocenters.